The van der Waals surface area contributed by atoms with Crippen molar-refractivity contribution in [1.29, 1.82) is 0 Å². The topological polar surface area (TPSA) is 0 Å². The van der Waals surface area contributed by atoms with Gasteiger partial charge in [-0.05, 0) is 54.5 Å². The summed E-state index contributed by atoms with van der Waals surface area (Å²) in [7, 11) is 0. The lowest BCUT2D eigenvalue weighted by Crippen LogP contribution is -1.90. The quantitative estimate of drug-likeness (QED) is 0.349. The summed E-state index contributed by atoms with van der Waals surface area (Å²) in [6, 6.07) is 10.7. The van der Waals surface area contributed by atoms with E-state index in [1.54, 1.807) is 0 Å². The van der Waals surface area contributed by atoms with Gasteiger partial charge >= 0.3 is 0 Å². The van der Waals surface area contributed by atoms with Crippen LogP contribution >= 0.6 is 12.2 Å². The van der Waals surface area contributed by atoms with E-state index in [-0.39, 0.29) is 0 Å². The first-order valence-corrected chi connectivity index (χ1v) is 8.27. The maximum absolute atomic E-state index is 5.68. The summed E-state index contributed by atoms with van der Waals surface area (Å²) < 4.78 is 0.840. The molecule has 0 unspecified atom stereocenters. The fourth-order valence-corrected chi connectivity index (χ4v) is 3.02. The van der Waals surface area contributed by atoms with Crippen LogP contribution < -0.4 is 0 Å². The molecule has 0 aliphatic carbocycles. The second-order valence-electron chi connectivity index (χ2n) is 6.02. The lowest BCUT2D eigenvalue weighted by atomic mass is 9.95. The van der Waals surface area contributed by atoms with Crippen LogP contribution in [-0.2, 0) is 0 Å². The first kappa shape index (κ1) is 17.2. The van der Waals surface area contributed by atoms with Gasteiger partial charge in [-0.1, -0.05) is 67.9 Å². The fourth-order valence-electron chi connectivity index (χ4n) is 2.72. The van der Waals surface area contributed by atoms with Crippen molar-refractivity contribution < 1.29 is 0 Å². The lowest BCUT2D eigenvalue weighted by Gasteiger charge is -2.10. The van der Waals surface area contributed by atoms with Gasteiger partial charge in [-0.3, -0.25) is 0 Å². The van der Waals surface area contributed by atoms with Gasteiger partial charge < -0.3 is 0 Å². The lowest BCUT2D eigenvalue weighted by molar-refractivity contribution is 0.875. The Morgan fingerprint density at radius 2 is 1.91 bits per heavy atom. The first-order valence-electron chi connectivity index (χ1n) is 7.86. The summed E-state index contributed by atoms with van der Waals surface area (Å²) >= 11 is 5.68. The SMILES string of the molecule is C#C/C(=C\C=C/C)c1ccc2c(C(C)C)cc(C)cc2c(=S)c1. The Labute approximate surface area is 144 Å². The molecular weight excluding hydrogens is 296 g/mol. The molecule has 0 nitrogen and oxygen atoms in total. The molecule has 2 rings (SSSR count). The van der Waals surface area contributed by atoms with Gasteiger partial charge in [0.1, 0.15) is 0 Å². The minimum atomic E-state index is 0.448. The molecule has 116 valence electrons. The summed E-state index contributed by atoms with van der Waals surface area (Å²) in [6.45, 7) is 8.51. The molecule has 0 amide bonds. The standard InChI is InChI=1S/C22H22S/c1-6-8-9-17(7-2)18-10-11-19-20(15(3)4)12-16(5)13-21(19)22(23)14-18/h2,6,8-15H,1,3-5H3/b8-6-,17-9+. The molecular formula is C22H22S. The zero-order chi connectivity index (χ0) is 17.0. The van der Waals surface area contributed by atoms with Crippen LogP contribution in [0.4, 0.5) is 0 Å². The highest BCUT2D eigenvalue weighted by atomic mass is 32.1. The normalized spacial score (nSPS) is 12.1. The first-order chi connectivity index (χ1) is 11.0. The van der Waals surface area contributed by atoms with E-state index < -0.39 is 0 Å². The Morgan fingerprint density at radius 3 is 2.52 bits per heavy atom. The molecule has 0 aliphatic heterocycles. The predicted octanol–water partition coefficient (Wildman–Crippen LogP) is 6.59. The van der Waals surface area contributed by atoms with Crippen molar-refractivity contribution in [3.05, 3.63) is 69.8 Å². The average molecular weight is 318 g/mol. The maximum atomic E-state index is 5.68. The molecule has 1 heteroatoms. The van der Waals surface area contributed by atoms with Crippen molar-refractivity contribution in [2.24, 2.45) is 0 Å². The van der Waals surface area contributed by atoms with Crippen LogP contribution in [0.3, 0.4) is 0 Å². The summed E-state index contributed by atoms with van der Waals surface area (Å²) in [5.74, 6) is 3.21. The molecule has 0 N–H and O–H groups in total. The highest BCUT2D eigenvalue weighted by Crippen LogP contribution is 2.28. The largest absolute Gasteiger partial charge is 0.115 e. The van der Waals surface area contributed by atoms with Crippen LogP contribution in [-0.4, -0.2) is 0 Å². The van der Waals surface area contributed by atoms with Crippen LogP contribution in [0.1, 0.15) is 43.4 Å². The van der Waals surface area contributed by atoms with Crippen LogP contribution in [0, 0.1) is 23.8 Å². The summed E-state index contributed by atoms with van der Waals surface area (Å²) in [5, 5.41) is 2.33. The van der Waals surface area contributed by atoms with Crippen molar-refractivity contribution >= 4 is 28.6 Å². The Kier molecular flexibility index (Phi) is 5.53. The molecule has 0 saturated heterocycles. The highest BCUT2D eigenvalue weighted by Gasteiger charge is 2.08. The van der Waals surface area contributed by atoms with Gasteiger partial charge in [0.15, 0.2) is 0 Å². The molecule has 0 heterocycles. The molecule has 0 radical (unpaired) electrons. The molecule has 2 aromatic carbocycles. The number of terminal acetylenes is 1. The number of rotatable bonds is 3. The number of hydrogen-bond acceptors (Lipinski definition) is 1. The molecule has 23 heavy (non-hydrogen) atoms. The molecule has 0 atom stereocenters. The molecule has 0 spiro atoms. The van der Waals surface area contributed by atoms with Gasteiger partial charge in [-0.2, -0.15) is 0 Å². The third-order valence-corrected chi connectivity index (χ3v) is 4.22. The van der Waals surface area contributed by atoms with Crippen molar-refractivity contribution in [2.75, 3.05) is 0 Å². The van der Waals surface area contributed by atoms with Gasteiger partial charge in [0.25, 0.3) is 0 Å². The van der Waals surface area contributed by atoms with Crippen molar-refractivity contribution in [3.63, 3.8) is 0 Å². The van der Waals surface area contributed by atoms with Gasteiger partial charge in [-0.25, -0.2) is 0 Å². The Morgan fingerprint density at radius 1 is 1.17 bits per heavy atom. The summed E-state index contributed by atoms with van der Waals surface area (Å²) in [5.41, 5.74) is 4.39. The minimum Gasteiger partial charge on any atom is -0.115 e. The monoisotopic (exact) mass is 318 g/mol. The fraction of sp³-hybridized carbons (Fsp3) is 0.227. The highest BCUT2D eigenvalue weighted by molar-refractivity contribution is 7.71. The molecule has 0 fully saturated rings. The number of benzene rings is 1. The molecule has 0 aromatic heterocycles. The Bertz CT molecular complexity index is 890. The van der Waals surface area contributed by atoms with Crippen molar-refractivity contribution in [2.45, 2.75) is 33.6 Å². The van der Waals surface area contributed by atoms with E-state index in [1.165, 1.54) is 16.5 Å². The van der Waals surface area contributed by atoms with Crippen molar-refractivity contribution in [3.8, 4) is 12.3 Å². The predicted molar refractivity (Wildman–Crippen MR) is 105 cm³/mol. The minimum absolute atomic E-state index is 0.448. The summed E-state index contributed by atoms with van der Waals surface area (Å²) in [6.07, 6.45) is 11.5. The Balaban J connectivity index is 2.84. The second-order valence-corrected chi connectivity index (χ2v) is 6.46. The molecule has 0 saturated carbocycles. The summed E-state index contributed by atoms with van der Waals surface area (Å²) in [4.78, 5) is 0. The van der Waals surface area contributed by atoms with Gasteiger partial charge in [0.2, 0.25) is 0 Å². The zero-order valence-electron chi connectivity index (χ0n) is 14.2. The number of aryl methyl sites for hydroxylation is 1. The van der Waals surface area contributed by atoms with Gasteiger partial charge in [-0.15, -0.1) is 6.42 Å². The van der Waals surface area contributed by atoms with E-state index >= 15 is 0 Å². The van der Waals surface area contributed by atoms with E-state index in [9.17, 15) is 0 Å². The van der Waals surface area contributed by atoms with E-state index in [0.29, 0.717) is 5.92 Å². The van der Waals surface area contributed by atoms with Crippen molar-refractivity contribution in [1.82, 2.24) is 0 Å². The third kappa shape index (κ3) is 3.78. The van der Waals surface area contributed by atoms with E-state index in [1.807, 2.05) is 31.2 Å². The third-order valence-electron chi connectivity index (χ3n) is 3.88. The van der Waals surface area contributed by atoms with E-state index in [4.69, 9.17) is 18.6 Å². The zero-order valence-corrected chi connectivity index (χ0v) is 15.0. The van der Waals surface area contributed by atoms with Gasteiger partial charge in [0, 0.05) is 15.5 Å². The van der Waals surface area contributed by atoms with E-state index in [0.717, 1.165) is 21.0 Å². The van der Waals surface area contributed by atoms with E-state index in [2.05, 4.69) is 51.0 Å². The smallest absolute Gasteiger partial charge is 0.0462 e. The molecule has 0 aliphatic rings. The molecule has 2 aromatic rings. The maximum Gasteiger partial charge on any atom is 0.0462 e. The molecule has 0 bridgehead atoms. The van der Waals surface area contributed by atoms with Crippen LogP contribution in [0.5, 0.6) is 0 Å². The number of hydrogen-bond donors (Lipinski definition) is 0. The number of allylic oxidation sites excluding steroid dienone is 4. The average Bonchev–Trinajstić information content (AvgIpc) is 2.67. The van der Waals surface area contributed by atoms with Crippen LogP contribution in [0.2, 0.25) is 0 Å². The second kappa shape index (κ2) is 7.40. The Hall–Kier alpha value is -2.17. The van der Waals surface area contributed by atoms with Gasteiger partial charge in [0.05, 0.1) is 0 Å². The van der Waals surface area contributed by atoms with Crippen LogP contribution in [0.25, 0.3) is 16.3 Å². The van der Waals surface area contributed by atoms with Crippen LogP contribution in [0.15, 0.2) is 48.6 Å². The number of fused-ring (bicyclic) bond motifs is 1.